The van der Waals surface area contributed by atoms with Crippen LogP contribution in [0.3, 0.4) is 0 Å². The van der Waals surface area contributed by atoms with Crippen LogP contribution in [0.5, 0.6) is 0 Å². The monoisotopic (exact) mass is 361 g/mol. The largest absolute Gasteiger partial charge is 0.483 e. The van der Waals surface area contributed by atoms with Crippen LogP contribution in [0.25, 0.3) is 0 Å². The minimum Gasteiger partial charge on any atom is -0.483 e. The molecule has 0 unspecified atom stereocenters. The van der Waals surface area contributed by atoms with E-state index in [1.165, 1.54) is 13.5 Å². The van der Waals surface area contributed by atoms with Crippen molar-refractivity contribution in [2.75, 3.05) is 26.6 Å². The first-order valence-electron chi connectivity index (χ1n) is 7.54. The molecular formula is C17H25ClFNO4. The fourth-order valence-corrected chi connectivity index (χ4v) is 2.99. The third-order valence-corrected chi connectivity index (χ3v) is 3.83. The Hall–Kier alpha value is -1.66. The van der Waals surface area contributed by atoms with Crippen molar-refractivity contribution in [3.63, 3.8) is 0 Å². The Morgan fingerprint density at radius 1 is 1.29 bits per heavy atom. The minimum atomic E-state index is -0.862. The third-order valence-electron chi connectivity index (χ3n) is 3.83. The van der Waals surface area contributed by atoms with Crippen molar-refractivity contribution < 1.29 is 23.8 Å². The molecule has 7 heteroatoms. The molecule has 2 heterocycles. The van der Waals surface area contributed by atoms with Gasteiger partial charge < -0.3 is 9.84 Å². The summed E-state index contributed by atoms with van der Waals surface area (Å²) in [7, 11) is 1.37. The Morgan fingerprint density at radius 3 is 2.17 bits per heavy atom. The second-order valence-electron chi connectivity index (χ2n) is 5.13. The molecule has 2 fully saturated rings. The number of carbonyl (C=O) groups excluding carboxylic acids is 1. The maximum Gasteiger partial charge on any atom is 0.326 e. The Bertz CT molecular complexity index is 436. The van der Waals surface area contributed by atoms with Crippen LogP contribution in [0.2, 0.25) is 0 Å². The summed E-state index contributed by atoms with van der Waals surface area (Å²) >= 11 is 4.64. The maximum atomic E-state index is 13.1. The molecule has 0 aliphatic carbocycles. The molecule has 0 spiro atoms. The summed E-state index contributed by atoms with van der Waals surface area (Å²) in [6.45, 7) is 0.977. The Morgan fingerprint density at radius 2 is 1.75 bits per heavy atom. The molecule has 0 saturated carbocycles. The lowest BCUT2D eigenvalue weighted by molar-refractivity contribution is -0.151. The van der Waals surface area contributed by atoms with E-state index in [4.69, 9.17) is 14.6 Å². The quantitative estimate of drug-likeness (QED) is 0.473. The molecule has 2 saturated heterocycles. The molecular weight excluding hydrogens is 337 g/mol. The van der Waals surface area contributed by atoms with Gasteiger partial charge in [0.25, 0.3) is 6.47 Å². The van der Waals surface area contributed by atoms with Crippen molar-refractivity contribution in [3.8, 4) is 0 Å². The van der Waals surface area contributed by atoms with Gasteiger partial charge in [-0.3, -0.25) is 14.5 Å². The van der Waals surface area contributed by atoms with Gasteiger partial charge in [-0.05, 0) is 19.4 Å². The average molecular weight is 362 g/mol. The Balaban J connectivity index is 0.000000402. The van der Waals surface area contributed by atoms with Crippen LogP contribution in [-0.2, 0) is 14.3 Å². The van der Waals surface area contributed by atoms with Crippen molar-refractivity contribution in [2.45, 2.75) is 31.0 Å². The van der Waals surface area contributed by atoms with Gasteiger partial charge in [0, 0.05) is 19.3 Å². The van der Waals surface area contributed by atoms with E-state index in [1.807, 2.05) is 41.3 Å². The van der Waals surface area contributed by atoms with E-state index in [0.717, 1.165) is 19.4 Å². The fraction of sp³-hybridized carbons (Fsp3) is 0.529. The number of ether oxygens (including phenoxy) is 1. The van der Waals surface area contributed by atoms with Gasteiger partial charge in [-0.2, -0.15) is 0 Å². The first-order chi connectivity index (χ1) is 11.6. The highest BCUT2D eigenvalue weighted by molar-refractivity contribution is 6.15. The fourth-order valence-electron chi connectivity index (χ4n) is 2.99. The first kappa shape index (κ1) is 22.3. The average Bonchev–Trinajstić information content (AvgIpc) is 3.15. The van der Waals surface area contributed by atoms with Crippen molar-refractivity contribution >= 4 is 24.0 Å². The Kier molecular flexibility index (Phi) is 11.8. The predicted octanol–water partition coefficient (Wildman–Crippen LogP) is 2.98. The number of fused-ring (bicyclic) bond motifs is 1. The summed E-state index contributed by atoms with van der Waals surface area (Å²) in [5.74, 6) is -0.259. The minimum absolute atomic E-state index is 0.250. The number of rotatable bonds is 1. The lowest BCUT2D eigenvalue weighted by atomic mass is 9.94. The van der Waals surface area contributed by atoms with Crippen LogP contribution in [0.1, 0.15) is 19.3 Å². The Labute approximate surface area is 147 Å². The molecule has 0 aromatic heterocycles. The number of benzene rings is 1. The number of nitrogens with zero attached hydrogens (tertiary/aromatic N) is 1. The summed E-state index contributed by atoms with van der Waals surface area (Å²) in [5.41, 5.74) is -0.617. The second kappa shape index (κ2) is 12.7. The molecule has 2 atom stereocenters. The molecule has 0 amide bonds. The summed E-state index contributed by atoms with van der Waals surface area (Å²) in [5, 5.41) is 6.89. The molecule has 1 aromatic rings. The van der Waals surface area contributed by atoms with E-state index in [9.17, 15) is 9.18 Å². The van der Waals surface area contributed by atoms with Crippen LogP contribution < -0.4 is 0 Å². The van der Waals surface area contributed by atoms with Gasteiger partial charge in [0.1, 0.15) is 11.7 Å². The zero-order valence-electron chi connectivity index (χ0n) is 14.0. The number of halogens is 2. The summed E-state index contributed by atoms with van der Waals surface area (Å²) in [6.07, 6.45) is 2.65. The third kappa shape index (κ3) is 6.45. The highest BCUT2D eigenvalue weighted by atomic mass is 35.5. The lowest BCUT2D eigenvalue weighted by Gasteiger charge is -2.27. The van der Waals surface area contributed by atoms with Gasteiger partial charge in [0.2, 0.25) is 0 Å². The molecule has 2 aliphatic heterocycles. The van der Waals surface area contributed by atoms with E-state index < -0.39 is 11.7 Å². The lowest BCUT2D eigenvalue weighted by Crippen LogP contribution is -2.46. The summed E-state index contributed by atoms with van der Waals surface area (Å²) in [6, 6.07) is 12.0. The van der Waals surface area contributed by atoms with E-state index in [1.54, 1.807) is 0 Å². The zero-order valence-corrected chi connectivity index (χ0v) is 14.8. The van der Waals surface area contributed by atoms with Crippen LogP contribution in [-0.4, -0.2) is 60.7 Å². The van der Waals surface area contributed by atoms with Gasteiger partial charge in [-0.15, -0.1) is 11.6 Å². The van der Waals surface area contributed by atoms with Crippen molar-refractivity contribution in [1.82, 2.24) is 4.90 Å². The first-order valence-corrected chi connectivity index (χ1v) is 8.29. The number of hydrogen-bond donors (Lipinski definition) is 1. The topological polar surface area (TPSA) is 66.8 Å². The molecule has 136 valence electrons. The van der Waals surface area contributed by atoms with Crippen molar-refractivity contribution in [2.24, 2.45) is 0 Å². The van der Waals surface area contributed by atoms with Crippen molar-refractivity contribution in [1.29, 1.82) is 0 Å². The number of alkyl halides is 2. The van der Waals surface area contributed by atoms with E-state index >= 15 is 0 Å². The molecule has 5 nitrogen and oxygen atoms in total. The molecule has 3 rings (SSSR count). The number of carboxylic acid groups (broad SMARTS) is 1. The molecule has 24 heavy (non-hydrogen) atoms. The molecule has 1 N–H and O–H groups in total. The molecule has 2 aliphatic rings. The summed E-state index contributed by atoms with van der Waals surface area (Å²) < 4.78 is 17.9. The molecule has 0 bridgehead atoms. The van der Waals surface area contributed by atoms with Crippen LogP contribution in [0, 0.1) is 0 Å². The standard InChI is InChI=1S/C9H14FNO2.C6H6.CH3Cl.CH2O2/c1-13-8(12)9-3-2-4-11(9)6-7(10)5-9;1-2-4-6-5-3-1;1-2;2-1-3/h7H,2-6H2,1H3;1-6H;1H3;1H,(H,2,3)/t7-,9-;;;/m0.../s1. The van der Waals surface area contributed by atoms with Crippen molar-refractivity contribution in [3.05, 3.63) is 36.4 Å². The SMILES string of the molecule is CCl.COC(=O)[C@@]12CCCN1C[C@@H](F)C2.O=CO.c1ccccc1. The zero-order chi connectivity index (χ0) is 18.4. The van der Waals surface area contributed by atoms with Gasteiger partial charge in [-0.1, -0.05) is 36.4 Å². The number of carbonyl (C=O) groups is 2. The molecule has 1 aromatic carbocycles. The van der Waals surface area contributed by atoms with Gasteiger partial charge in [0.15, 0.2) is 0 Å². The number of hydrogen-bond acceptors (Lipinski definition) is 4. The highest BCUT2D eigenvalue weighted by Crippen LogP contribution is 2.40. The molecule has 0 radical (unpaired) electrons. The second-order valence-corrected chi connectivity index (χ2v) is 5.13. The van der Waals surface area contributed by atoms with E-state index in [0.29, 0.717) is 13.0 Å². The number of esters is 1. The smallest absolute Gasteiger partial charge is 0.326 e. The van der Waals surface area contributed by atoms with Gasteiger partial charge >= 0.3 is 5.97 Å². The highest BCUT2D eigenvalue weighted by Gasteiger charge is 2.54. The normalized spacial score (nSPS) is 23.9. The van der Waals surface area contributed by atoms with Gasteiger partial charge in [0.05, 0.1) is 7.11 Å². The van der Waals surface area contributed by atoms with E-state index in [-0.39, 0.29) is 12.4 Å². The van der Waals surface area contributed by atoms with Crippen LogP contribution in [0.4, 0.5) is 4.39 Å². The van der Waals surface area contributed by atoms with E-state index in [2.05, 4.69) is 11.6 Å². The number of methoxy groups -OCH3 is 1. The van der Waals surface area contributed by atoms with Gasteiger partial charge in [-0.25, -0.2) is 4.39 Å². The van der Waals surface area contributed by atoms with Crippen LogP contribution >= 0.6 is 11.6 Å². The predicted molar refractivity (Wildman–Crippen MR) is 92.0 cm³/mol. The summed E-state index contributed by atoms with van der Waals surface area (Å²) in [4.78, 5) is 21.8. The van der Waals surface area contributed by atoms with Crippen LogP contribution in [0.15, 0.2) is 36.4 Å². The maximum absolute atomic E-state index is 13.1.